The van der Waals surface area contributed by atoms with Crippen molar-refractivity contribution in [2.24, 2.45) is 7.05 Å². The average Bonchev–Trinajstić information content (AvgIpc) is 3.06. The first-order chi connectivity index (χ1) is 11.0. The molecule has 7 heteroatoms. The number of nitrogens with zero attached hydrogens (tertiary/aromatic N) is 3. The van der Waals surface area contributed by atoms with Gasteiger partial charge in [0, 0.05) is 36.4 Å². The van der Waals surface area contributed by atoms with Gasteiger partial charge in [-0.05, 0) is 19.8 Å². The molecule has 2 fully saturated rings. The van der Waals surface area contributed by atoms with Crippen LogP contribution in [0.2, 0.25) is 0 Å². The average molecular weight is 336 g/mol. The normalized spacial score (nSPS) is 25.9. The number of hydrogen-bond donors (Lipinski definition) is 1. The number of carbonyl (C=O) groups is 2. The maximum Gasteiger partial charge on any atom is 0.325 e. The highest BCUT2D eigenvalue weighted by molar-refractivity contribution is 7.99. The highest BCUT2D eigenvalue weighted by Crippen LogP contribution is 2.30. The smallest absolute Gasteiger partial charge is 0.319 e. The zero-order valence-electron chi connectivity index (χ0n) is 13.7. The van der Waals surface area contributed by atoms with Crippen LogP contribution in [0.15, 0.2) is 12.4 Å². The van der Waals surface area contributed by atoms with Crippen molar-refractivity contribution in [1.82, 2.24) is 20.0 Å². The van der Waals surface area contributed by atoms with E-state index in [1.54, 1.807) is 31.0 Å². The number of aryl methyl sites for hydroxylation is 1. The second-order valence-electron chi connectivity index (χ2n) is 6.55. The first-order valence-electron chi connectivity index (χ1n) is 8.25. The molecule has 2 heterocycles. The number of thioether (sulfide) groups is 1. The van der Waals surface area contributed by atoms with Gasteiger partial charge >= 0.3 is 6.03 Å². The summed E-state index contributed by atoms with van der Waals surface area (Å²) in [5.41, 5.74) is -0.276. The molecule has 0 bridgehead atoms. The van der Waals surface area contributed by atoms with Gasteiger partial charge in [0.25, 0.3) is 5.91 Å². The third-order valence-corrected chi connectivity index (χ3v) is 6.14. The minimum Gasteiger partial charge on any atom is -0.319 e. The Hall–Kier alpha value is -1.50. The molecule has 0 radical (unpaired) electrons. The fourth-order valence-electron chi connectivity index (χ4n) is 3.32. The van der Waals surface area contributed by atoms with Crippen molar-refractivity contribution in [3.63, 3.8) is 0 Å². The summed E-state index contributed by atoms with van der Waals surface area (Å²) in [7, 11) is 1.80. The molecule has 1 aliphatic heterocycles. The van der Waals surface area contributed by atoms with Crippen LogP contribution < -0.4 is 5.32 Å². The second-order valence-corrected chi connectivity index (χ2v) is 7.95. The summed E-state index contributed by atoms with van der Waals surface area (Å²) in [6.07, 6.45) is 9.89. The van der Waals surface area contributed by atoms with Crippen molar-refractivity contribution >= 4 is 23.7 Å². The van der Waals surface area contributed by atoms with Crippen LogP contribution in [0, 0.1) is 0 Å². The van der Waals surface area contributed by atoms with E-state index < -0.39 is 5.54 Å². The van der Waals surface area contributed by atoms with Gasteiger partial charge in [0.2, 0.25) is 0 Å². The number of nitrogens with one attached hydrogen (secondary N) is 1. The van der Waals surface area contributed by atoms with Gasteiger partial charge in [-0.1, -0.05) is 19.3 Å². The minimum atomic E-state index is -0.999. The van der Waals surface area contributed by atoms with Crippen molar-refractivity contribution in [3.05, 3.63) is 18.0 Å². The molecule has 3 amide bonds. The van der Waals surface area contributed by atoms with E-state index in [1.807, 2.05) is 11.8 Å². The molecule has 1 aromatic rings. The molecule has 1 aromatic heterocycles. The molecule has 23 heavy (non-hydrogen) atoms. The molecule has 1 saturated carbocycles. The number of amides is 3. The summed E-state index contributed by atoms with van der Waals surface area (Å²) in [5, 5.41) is 7.62. The molecular weight excluding hydrogens is 312 g/mol. The van der Waals surface area contributed by atoms with Crippen LogP contribution in [0.3, 0.4) is 0 Å². The minimum absolute atomic E-state index is 0.181. The molecule has 3 rings (SSSR count). The summed E-state index contributed by atoms with van der Waals surface area (Å²) >= 11 is 1.90. The molecule has 0 unspecified atom stereocenters. The van der Waals surface area contributed by atoms with E-state index in [1.165, 1.54) is 37.0 Å². The summed E-state index contributed by atoms with van der Waals surface area (Å²) < 4.78 is 1.64. The number of aromatic nitrogens is 2. The van der Waals surface area contributed by atoms with Crippen molar-refractivity contribution < 1.29 is 9.59 Å². The van der Waals surface area contributed by atoms with E-state index in [0.29, 0.717) is 11.8 Å². The lowest BCUT2D eigenvalue weighted by atomic mass is 9.95. The Morgan fingerprint density at radius 1 is 1.35 bits per heavy atom. The van der Waals surface area contributed by atoms with Crippen LogP contribution in [-0.4, -0.2) is 44.2 Å². The van der Waals surface area contributed by atoms with Crippen molar-refractivity contribution in [3.8, 4) is 0 Å². The predicted octanol–water partition coefficient (Wildman–Crippen LogP) is 2.25. The molecule has 6 nitrogen and oxygen atoms in total. The maximum atomic E-state index is 12.7. The highest BCUT2D eigenvalue weighted by Gasteiger charge is 2.49. The van der Waals surface area contributed by atoms with E-state index in [4.69, 9.17) is 0 Å². The van der Waals surface area contributed by atoms with E-state index in [9.17, 15) is 9.59 Å². The monoisotopic (exact) mass is 336 g/mol. The first kappa shape index (κ1) is 16.4. The maximum absolute atomic E-state index is 12.7. The van der Waals surface area contributed by atoms with Gasteiger partial charge in [-0.3, -0.25) is 14.4 Å². The van der Waals surface area contributed by atoms with Gasteiger partial charge in [0.05, 0.1) is 6.20 Å². The standard InChI is InChI=1S/C16H24N4O2S/c1-16(12-10-17-19(2)11-12)14(21)20(15(22)18-16)8-9-23-13-6-4-3-5-7-13/h10-11,13H,3-9H2,1-2H3,(H,18,22)/t16-/m0/s1. The predicted molar refractivity (Wildman–Crippen MR) is 90.1 cm³/mol. The number of rotatable bonds is 5. The van der Waals surface area contributed by atoms with Gasteiger partial charge in [-0.25, -0.2) is 4.79 Å². The Balaban J connectivity index is 1.60. The van der Waals surface area contributed by atoms with E-state index in [-0.39, 0.29) is 11.9 Å². The van der Waals surface area contributed by atoms with E-state index in [0.717, 1.165) is 11.3 Å². The molecule has 126 valence electrons. The lowest BCUT2D eigenvalue weighted by Crippen LogP contribution is -2.40. The lowest BCUT2D eigenvalue weighted by molar-refractivity contribution is -0.130. The molecule has 1 saturated heterocycles. The molecular formula is C16H24N4O2S. The molecule has 0 aromatic carbocycles. The summed E-state index contributed by atoms with van der Waals surface area (Å²) in [6, 6.07) is -0.300. The van der Waals surface area contributed by atoms with Crippen LogP contribution in [0.4, 0.5) is 4.79 Å². The van der Waals surface area contributed by atoms with Crippen molar-refractivity contribution in [1.29, 1.82) is 0 Å². The number of carbonyl (C=O) groups excluding carboxylic acids is 2. The number of imide groups is 1. The van der Waals surface area contributed by atoms with Gasteiger partial charge in [-0.15, -0.1) is 0 Å². The Kier molecular flexibility index (Phi) is 4.66. The van der Waals surface area contributed by atoms with Gasteiger partial charge < -0.3 is 5.32 Å². The fraction of sp³-hybridized carbons (Fsp3) is 0.688. The van der Waals surface area contributed by atoms with Crippen LogP contribution >= 0.6 is 11.8 Å². The number of urea groups is 1. The molecule has 2 aliphatic rings. The summed E-state index contributed by atoms with van der Waals surface area (Å²) in [4.78, 5) is 26.3. The second kappa shape index (κ2) is 6.55. The van der Waals surface area contributed by atoms with Gasteiger partial charge in [0.1, 0.15) is 5.54 Å². The summed E-state index contributed by atoms with van der Waals surface area (Å²) in [6.45, 7) is 2.22. The van der Waals surface area contributed by atoms with Crippen LogP contribution in [0.25, 0.3) is 0 Å². The van der Waals surface area contributed by atoms with Crippen LogP contribution in [0.1, 0.15) is 44.6 Å². The molecule has 1 N–H and O–H groups in total. The Morgan fingerprint density at radius 2 is 2.09 bits per heavy atom. The quantitative estimate of drug-likeness (QED) is 0.838. The topological polar surface area (TPSA) is 67.2 Å². The van der Waals surface area contributed by atoms with E-state index in [2.05, 4.69) is 10.4 Å². The zero-order valence-corrected chi connectivity index (χ0v) is 14.6. The van der Waals surface area contributed by atoms with Gasteiger partial charge in [0.15, 0.2) is 0 Å². The largest absolute Gasteiger partial charge is 0.325 e. The molecule has 1 atom stereocenters. The Labute approximate surface area is 141 Å². The molecule has 1 aliphatic carbocycles. The fourth-order valence-corrected chi connectivity index (χ4v) is 4.61. The summed E-state index contributed by atoms with van der Waals surface area (Å²) in [5.74, 6) is 0.632. The molecule has 0 spiro atoms. The zero-order chi connectivity index (χ0) is 16.4. The Bertz CT molecular complexity index is 597. The van der Waals surface area contributed by atoms with Crippen molar-refractivity contribution in [2.45, 2.75) is 49.8 Å². The third kappa shape index (κ3) is 3.24. The highest BCUT2D eigenvalue weighted by atomic mass is 32.2. The first-order valence-corrected chi connectivity index (χ1v) is 9.30. The van der Waals surface area contributed by atoms with E-state index >= 15 is 0 Å². The van der Waals surface area contributed by atoms with Crippen molar-refractivity contribution in [2.75, 3.05) is 12.3 Å². The lowest BCUT2D eigenvalue weighted by Gasteiger charge is -2.22. The number of hydrogen-bond acceptors (Lipinski definition) is 4. The third-order valence-electron chi connectivity index (χ3n) is 4.78. The Morgan fingerprint density at radius 3 is 2.74 bits per heavy atom. The van der Waals surface area contributed by atoms with Gasteiger partial charge in [-0.2, -0.15) is 16.9 Å². The van der Waals surface area contributed by atoms with Crippen LogP contribution in [-0.2, 0) is 17.4 Å². The van der Waals surface area contributed by atoms with Crippen LogP contribution in [0.5, 0.6) is 0 Å². The SMILES string of the molecule is Cn1cc([C@]2(C)NC(=O)N(CCSC3CCCCC3)C2=O)cn1.